The average molecular weight is 314 g/mol. The fourth-order valence-electron chi connectivity index (χ4n) is 1.35. The van der Waals surface area contributed by atoms with Crippen LogP contribution < -0.4 is 5.32 Å². The standard InChI is InChI=1S/C12H16BrN3O2/c1-4-16(3)12(18)8(2)14-11(17)9-6-5-7-10(13)15-9/h5-8H,4H2,1-3H3,(H,14,17). The minimum Gasteiger partial charge on any atom is -0.344 e. The number of pyridine rings is 1. The minimum absolute atomic E-state index is 0.124. The third-order valence-electron chi connectivity index (χ3n) is 2.52. The second-order valence-electron chi connectivity index (χ2n) is 3.89. The summed E-state index contributed by atoms with van der Waals surface area (Å²) in [5, 5.41) is 2.62. The lowest BCUT2D eigenvalue weighted by molar-refractivity contribution is -0.131. The molecular weight excluding hydrogens is 298 g/mol. The third-order valence-corrected chi connectivity index (χ3v) is 2.96. The van der Waals surface area contributed by atoms with E-state index in [1.807, 2.05) is 6.92 Å². The normalized spacial score (nSPS) is 11.8. The van der Waals surface area contributed by atoms with E-state index in [1.54, 1.807) is 37.1 Å². The number of amides is 2. The summed E-state index contributed by atoms with van der Waals surface area (Å²) in [5.41, 5.74) is 0.281. The monoisotopic (exact) mass is 313 g/mol. The summed E-state index contributed by atoms with van der Waals surface area (Å²) in [6.45, 7) is 4.14. The highest BCUT2D eigenvalue weighted by Crippen LogP contribution is 2.06. The maximum Gasteiger partial charge on any atom is 0.270 e. The molecule has 0 aliphatic rings. The van der Waals surface area contributed by atoms with Crippen LogP contribution in [0.5, 0.6) is 0 Å². The molecule has 1 unspecified atom stereocenters. The minimum atomic E-state index is -0.566. The Hall–Kier alpha value is -1.43. The second kappa shape index (κ2) is 6.49. The van der Waals surface area contributed by atoms with Crippen molar-refractivity contribution in [3.05, 3.63) is 28.5 Å². The largest absolute Gasteiger partial charge is 0.344 e. The lowest BCUT2D eigenvalue weighted by Crippen LogP contribution is -2.45. The van der Waals surface area contributed by atoms with Crippen molar-refractivity contribution < 1.29 is 9.59 Å². The van der Waals surface area contributed by atoms with Crippen molar-refractivity contribution in [3.63, 3.8) is 0 Å². The summed E-state index contributed by atoms with van der Waals surface area (Å²) >= 11 is 3.19. The van der Waals surface area contributed by atoms with E-state index in [9.17, 15) is 9.59 Å². The van der Waals surface area contributed by atoms with Crippen molar-refractivity contribution in [3.8, 4) is 0 Å². The Bertz CT molecular complexity index is 451. The molecule has 0 aliphatic carbocycles. The van der Waals surface area contributed by atoms with Gasteiger partial charge in [-0.3, -0.25) is 9.59 Å². The zero-order valence-electron chi connectivity index (χ0n) is 10.6. The Morgan fingerprint density at radius 3 is 2.72 bits per heavy atom. The van der Waals surface area contributed by atoms with Crippen molar-refractivity contribution in [1.29, 1.82) is 0 Å². The Kier molecular flexibility index (Phi) is 5.27. The molecule has 0 radical (unpaired) electrons. The van der Waals surface area contributed by atoms with Gasteiger partial charge in [0.15, 0.2) is 0 Å². The van der Waals surface area contributed by atoms with Crippen LogP contribution in [-0.4, -0.2) is 41.3 Å². The molecule has 5 nitrogen and oxygen atoms in total. The maximum atomic E-state index is 11.9. The van der Waals surface area contributed by atoms with E-state index in [1.165, 1.54) is 0 Å². The summed E-state index contributed by atoms with van der Waals surface area (Å²) in [5.74, 6) is -0.484. The predicted octanol–water partition coefficient (Wildman–Crippen LogP) is 1.44. The number of carbonyl (C=O) groups excluding carboxylic acids is 2. The average Bonchev–Trinajstić information content (AvgIpc) is 2.36. The molecule has 1 aromatic heterocycles. The van der Waals surface area contributed by atoms with Gasteiger partial charge in [-0.15, -0.1) is 0 Å². The first-order valence-electron chi connectivity index (χ1n) is 5.64. The van der Waals surface area contributed by atoms with Gasteiger partial charge >= 0.3 is 0 Å². The van der Waals surface area contributed by atoms with Gasteiger partial charge in [0.2, 0.25) is 5.91 Å². The van der Waals surface area contributed by atoms with Crippen molar-refractivity contribution in [2.45, 2.75) is 19.9 Å². The maximum absolute atomic E-state index is 11.9. The highest BCUT2D eigenvalue weighted by molar-refractivity contribution is 9.10. The van der Waals surface area contributed by atoms with Crippen molar-refractivity contribution in [2.75, 3.05) is 13.6 Å². The lowest BCUT2D eigenvalue weighted by atomic mass is 10.2. The number of nitrogens with zero attached hydrogens (tertiary/aromatic N) is 2. The highest BCUT2D eigenvalue weighted by atomic mass is 79.9. The fourth-order valence-corrected chi connectivity index (χ4v) is 1.70. The van der Waals surface area contributed by atoms with Crippen LogP contribution in [0.4, 0.5) is 0 Å². The van der Waals surface area contributed by atoms with Crippen LogP contribution in [0.1, 0.15) is 24.3 Å². The topological polar surface area (TPSA) is 62.3 Å². The third kappa shape index (κ3) is 3.80. The number of likely N-dealkylation sites (N-methyl/N-ethyl adjacent to an activating group) is 1. The summed E-state index contributed by atoms with van der Waals surface area (Å²) in [6, 6.07) is 4.48. The van der Waals surface area contributed by atoms with Gasteiger partial charge in [0.1, 0.15) is 16.3 Å². The molecular formula is C12H16BrN3O2. The number of carbonyl (C=O) groups is 2. The van der Waals surface area contributed by atoms with Crippen LogP contribution >= 0.6 is 15.9 Å². The van der Waals surface area contributed by atoms with Crippen molar-refractivity contribution in [1.82, 2.24) is 15.2 Å². The van der Waals surface area contributed by atoms with Crippen LogP contribution in [0.25, 0.3) is 0 Å². The van der Waals surface area contributed by atoms with Crippen molar-refractivity contribution >= 4 is 27.7 Å². The van der Waals surface area contributed by atoms with Gasteiger partial charge in [-0.05, 0) is 41.9 Å². The van der Waals surface area contributed by atoms with Crippen LogP contribution in [0.3, 0.4) is 0 Å². The molecule has 0 aromatic carbocycles. The first kappa shape index (κ1) is 14.6. The van der Waals surface area contributed by atoms with E-state index in [0.29, 0.717) is 11.1 Å². The quantitative estimate of drug-likeness (QED) is 0.856. The fraction of sp³-hybridized carbons (Fsp3) is 0.417. The molecule has 1 atom stereocenters. The highest BCUT2D eigenvalue weighted by Gasteiger charge is 2.19. The SMILES string of the molecule is CCN(C)C(=O)C(C)NC(=O)c1cccc(Br)n1. The molecule has 0 spiro atoms. The number of rotatable bonds is 4. The Morgan fingerprint density at radius 1 is 1.50 bits per heavy atom. The molecule has 1 rings (SSSR count). The van der Waals surface area contributed by atoms with Gasteiger partial charge in [-0.25, -0.2) is 4.98 Å². The smallest absolute Gasteiger partial charge is 0.270 e. The van der Waals surface area contributed by atoms with Crippen molar-refractivity contribution in [2.24, 2.45) is 0 Å². The predicted molar refractivity (Wildman–Crippen MR) is 72.2 cm³/mol. The zero-order chi connectivity index (χ0) is 13.7. The van der Waals surface area contributed by atoms with E-state index < -0.39 is 6.04 Å². The summed E-state index contributed by atoms with van der Waals surface area (Å²) < 4.78 is 0.583. The van der Waals surface area contributed by atoms with Crippen LogP contribution in [0.2, 0.25) is 0 Å². The molecule has 0 bridgehead atoms. The van der Waals surface area contributed by atoms with Gasteiger partial charge in [-0.2, -0.15) is 0 Å². The Labute approximate surface area is 115 Å². The van der Waals surface area contributed by atoms with Gasteiger partial charge < -0.3 is 10.2 Å². The second-order valence-corrected chi connectivity index (χ2v) is 4.71. The summed E-state index contributed by atoms with van der Waals surface area (Å²) in [7, 11) is 1.70. The first-order valence-corrected chi connectivity index (χ1v) is 6.43. The summed E-state index contributed by atoms with van der Waals surface area (Å²) in [6.07, 6.45) is 0. The van der Waals surface area contributed by atoms with E-state index >= 15 is 0 Å². The molecule has 6 heteroatoms. The molecule has 18 heavy (non-hydrogen) atoms. The Morgan fingerprint density at radius 2 is 2.17 bits per heavy atom. The van der Waals surface area contributed by atoms with E-state index in [0.717, 1.165) is 0 Å². The van der Waals surface area contributed by atoms with E-state index in [2.05, 4.69) is 26.2 Å². The number of nitrogens with one attached hydrogen (secondary N) is 1. The number of halogens is 1. The number of hydrogen-bond acceptors (Lipinski definition) is 3. The number of hydrogen-bond donors (Lipinski definition) is 1. The molecule has 1 aromatic rings. The molecule has 0 saturated heterocycles. The van der Waals surface area contributed by atoms with E-state index in [-0.39, 0.29) is 17.5 Å². The Balaban J connectivity index is 2.68. The molecule has 0 aliphatic heterocycles. The van der Waals surface area contributed by atoms with Crippen LogP contribution in [0.15, 0.2) is 22.8 Å². The molecule has 98 valence electrons. The first-order chi connectivity index (χ1) is 8.45. The molecule has 1 heterocycles. The molecule has 2 amide bonds. The molecule has 1 N–H and O–H groups in total. The van der Waals surface area contributed by atoms with Crippen LogP contribution in [0, 0.1) is 0 Å². The lowest BCUT2D eigenvalue weighted by Gasteiger charge is -2.20. The van der Waals surface area contributed by atoms with Gasteiger partial charge in [-0.1, -0.05) is 6.07 Å². The molecule has 0 fully saturated rings. The van der Waals surface area contributed by atoms with E-state index in [4.69, 9.17) is 0 Å². The van der Waals surface area contributed by atoms with Gasteiger partial charge in [0.05, 0.1) is 0 Å². The number of aromatic nitrogens is 1. The van der Waals surface area contributed by atoms with Gasteiger partial charge in [0, 0.05) is 13.6 Å². The van der Waals surface area contributed by atoms with Crippen LogP contribution in [-0.2, 0) is 4.79 Å². The summed E-state index contributed by atoms with van der Waals surface area (Å²) in [4.78, 5) is 29.2. The zero-order valence-corrected chi connectivity index (χ0v) is 12.2. The van der Waals surface area contributed by atoms with Gasteiger partial charge in [0.25, 0.3) is 5.91 Å². The molecule has 0 saturated carbocycles.